The molecule has 0 aromatic heterocycles. The highest BCUT2D eigenvalue weighted by atomic mass is 35.5. The fourth-order valence-electron chi connectivity index (χ4n) is 2.63. The molecule has 0 atom stereocenters. The average Bonchev–Trinajstić information content (AvgIpc) is 2.95. The van der Waals surface area contributed by atoms with Crippen LogP contribution in [-0.2, 0) is 16.1 Å². The lowest BCUT2D eigenvalue weighted by Gasteiger charge is -2.13. The third-order valence-corrected chi connectivity index (χ3v) is 5.29. The first-order valence-corrected chi connectivity index (χ1v) is 9.66. The maximum Gasteiger partial charge on any atom is 0.293 e. The van der Waals surface area contributed by atoms with E-state index in [9.17, 15) is 14.4 Å². The third kappa shape index (κ3) is 4.90. The zero-order valence-electron chi connectivity index (χ0n) is 15.4. The highest BCUT2D eigenvalue weighted by molar-refractivity contribution is 8.18. The van der Waals surface area contributed by atoms with Gasteiger partial charge >= 0.3 is 0 Å². The van der Waals surface area contributed by atoms with E-state index in [-0.39, 0.29) is 23.3 Å². The number of carbonyl (C=O) groups is 3. The zero-order valence-corrected chi connectivity index (χ0v) is 17.0. The van der Waals surface area contributed by atoms with Gasteiger partial charge in [-0.1, -0.05) is 35.9 Å². The maximum atomic E-state index is 12.7. The largest absolute Gasteiger partial charge is 0.493 e. The number of rotatable bonds is 7. The molecule has 7 nitrogen and oxygen atoms in total. The molecule has 0 saturated carbocycles. The summed E-state index contributed by atoms with van der Waals surface area (Å²) in [7, 11) is 1.45. The number of amides is 3. The van der Waals surface area contributed by atoms with Crippen molar-refractivity contribution in [1.82, 2.24) is 4.90 Å². The average molecular weight is 433 g/mol. The van der Waals surface area contributed by atoms with Gasteiger partial charge in [0.1, 0.15) is 0 Å². The number of methoxy groups -OCH3 is 1. The summed E-state index contributed by atoms with van der Waals surface area (Å²) < 4.78 is 10.5. The van der Waals surface area contributed by atoms with Crippen molar-refractivity contribution >= 4 is 46.5 Å². The lowest BCUT2D eigenvalue weighted by atomic mass is 10.1. The first kappa shape index (κ1) is 20.8. The quantitative estimate of drug-likeness (QED) is 0.673. The second-order valence-electron chi connectivity index (χ2n) is 6.02. The normalized spacial score (nSPS) is 15.1. The summed E-state index contributed by atoms with van der Waals surface area (Å²) in [6.45, 7) is -0.179. The Morgan fingerprint density at radius 3 is 2.66 bits per heavy atom. The first-order valence-electron chi connectivity index (χ1n) is 8.47. The summed E-state index contributed by atoms with van der Waals surface area (Å²) in [5, 5.41) is 0.126. The Hall–Kier alpha value is -2.97. The molecule has 9 heteroatoms. The number of imide groups is 1. The van der Waals surface area contributed by atoms with Crippen LogP contribution in [0.1, 0.15) is 11.1 Å². The van der Waals surface area contributed by atoms with Gasteiger partial charge in [0.15, 0.2) is 18.1 Å². The van der Waals surface area contributed by atoms with E-state index < -0.39 is 11.8 Å². The van der Waals surface area contributed by atoms with Crippen molar-refractivity contribution in [3.63, 3.8) is 0 Å². The first-order chi connectivity index (χ1) is 13.9. The molecule has 0 bridgehead atoms. The fraction of sp³-hybridized carbons (Fsp3) is 0.150. The standard InChI is InChI=1S/C20H17ClN2O5S/c1-27-16-8-12(6-7-15(16)28-11-18(22)24)9-17-19(25)23(20(26)29-17)10-13-4-2-3-5-14(13)21/h2-9H,10-11H2,1H3,(H2,22,24)/b17-9-. The molecule has 1 saturated heterocycles. The number of carbonyl (C=O) groups excluding carboxylic acids is 3. The summed E-state index contributed by atoms with van der Waals surface area (Å²) in [6.07, 6.45) is 1.60. The molecule has 150 valence electrons. The number of benzene rings is 2. The molecule has 2 aromatic rings. The lowest BCUT2D eigenvalue weighted by molar-refractivity contribution is -0.123. The minimum atomic E-state index is -0.608. The number of nitrogens with two attached hydrogens (primary N) is 1. The van der Waals surface area contributed by atoms with Gasteiger partial charge in [-0.3, -0.25) is 19.3 Å². The number of hydrogen-bond acceptors (Lipinski definition) is 6. The van der Waals surface area contributed by atoms with E-state index in [1.165, 1.54) is 7.11 Å². The van der Waals surface area contributed by atoms with Gasteiger partial charge in [-0.15, -0.1) is 0 Å². The van der Waals surface area contributed by atoms with Crippen LogP contribution in [0.25, 0.3) is 6.08 Å². The van der Waals surface area contributed by atoms with Gasteiger partial charge in [-0.2, -0.15) is 0 Å². The molecule has 1 aliphatic rings. The van der Waals surface area contributed by atoms with Crippen molar-refractivity contribution in [2.45, 2.75) is 6.54 Å². The number of ether oxygens (including phenoxy) is 2. The van der Waals surface area contributed by atoms with Crippen LogP contribution in [0.2, 0.25) is 5.02 Å². The number of primary amides is 1. The summed E-state index contributed by atoms with van der Waals surface area (Å²) >= 11 is 6.99. The van der Waals surface area contributed by atoms with Crippen molar-refractivity contribution < 1.29 is 23.9 Å². The molecule has 0 unspecified atom stereocenters. The third-order valence-electron chi connectivity index (χ3n) is 4.02. The fourth-order valence-corrected chi connectivity index (χ4v) is 3.66. The van der Waals surface area contributed by atoms with E-state index >= 15 is 0 Å². The van der Waals surface area contributed by atoms with Crippen molar-refractivity contribution in [2.24, 2.45) is 5.73 Å². The Morgan fingerprint density at radius 2 is 1.97 bits per heavy atom. The molecule has 2 aromatic carbocycles. The molecule has 0 spiro atoms. The molecule has 1 heterocycles. The zero-order chi connectivity index (χ0) is 21.0. The summed E-state index contributed by atoms with van der Waals surface area (Å²) in [5.41, 5.74) is 6.40. The molecule has 0 radical (unpaired) electrons. The lowest BCUT2D eigenvalue weighted by Crippen LogP contribution is -2.27. The molecule has 29 heavy (non-hydrogen) atoms. The molecular weight excluding hydrogens is 416 g/mol. The molecular formula is C20H17ClN2O5S. The van der Waals surface area contributed by atoms with Crippen molar-refractivity contribution in [3.8, 4) is 11.5 Å². The Kier molecular flexibility index (Phi) is 6.46. The monoisotopic (exact) mass is 432 g/mol. The van der Waals surface area contributed by atoms with Crippen LogP contribution in [0, 0.1) is 0 Å². The van der Waals surface area contributed by atoms with Gasteiger partial charge in [0.05, 0.1) is 18.6 Å². The van der Waals surface area contributed by atoms with Crippen molar-refractivity contribution in [3.05, 3.63) is 63.5 Å². The smallest absolute Gasteiger partial charge is 0.293 e. The van der Waals surface area contributed by atoms with Gasteiger partial charge in [0, 0.05) is 5.02 Å². The summed E-state index contributed by atoms with van der Waals surface area (Å²) in [4.78, 5) is 37.3. The van der Waals surface area contributed by atoms with Crippen LogP contribution in [0.4, 0.5) is 4.79 Å². The summed E-state index contributed by atoms with van der Waals surface area (Å²) in [6, 6.07) is 12.0. The van der Waals surface area contributed by atoms with Crippen LogP contribution < -0.4 is 15.2 Å². The minimum Gasteiger partial charge on any atom is -0.493 e. The van der Waals surface area contributed by atoms with Crippen LogP contribution in [0.5, 0.6) is 11.5 Å². The number of nitrogens with zero attached hydrogens (tertiary/aromatic N) is 1. The second-order valence-corrected chi connectivity index (χ2v) is 7.42. The highest BCUT2D eigenvalue weighted by Crippen LogP contribution is 2.35. The predicted octanol–water partition coefficient (Wildman–Crippen LogP) is 3.45. The van der Waals surface area contributed by atoms with Crippen LogP contribution >= 0.6 is 23.4 Å². The van der Waals surface area contributed by atoms with E-state index in [1.54, 1.807) is 48.5 Å². The van der Waals surface area contributed by atoms with E-state index in [1.807, 2.05) is 0 Å². The number of thioether (sulfide) groups is 1. The number of halogens is 1. The van der Waals surface area contributed by atoms with Crippen LogP contribution in [0.3, 0.4) is 0 Å². The van der Waals surface area contributed by atoms with Gasteiger partial charge in [0.25, 0.3) is 17.1 Å². The Balaban J connectivity index is 1.80. The molecule has 0 aliphatic carbocycles. The minimum absolute atomic E-state index is 0.102. The van der Waals surface area contributed by atoms with Crippen LogP contribution in [0.15, 0.2) is 47.4 Å². The topological polar surface area (TPSA) is 98.9 Å². The van der Waals surface area contributed by atoms with E-state index in [0.717, 1.165) is 16.7 Å². The highest BCUT2D eigenvalue weighted by Gasteiger charge is 2.35. The van der Waals surface area contributed by atoms with Crippen LogP contribution in [-0.4, -0.2) is 35.7 Å². The van der Waals surface area contributed by atoms with Gasteiger partial charge in [-0.05, 0) is 47.2 Å². The van der Waals surface area contributed by atoms with Crippen molar-refractivity contribution in [1.29, 1.82) is 0 Å². The predicted molar refractivity (Wildman–Crippen MR) is 111 cm³/mol. The Labute approximate surface area is 176 Å². The Bertz CT molecular complexity index is 1010. The van der Waals surface area contributed by atoms with E-state index in [2.05, 4.69) is 0 Å². The van der Waals surface area contributed by atoms with E-state index in [0.29, 0.717) is 27.6 Å². The Morgan fingerprint density at radius 1 is 1.21 bits per heavy atom. The second kappa shape index (κ2) is 9.02. The molecule has 1 aliphatic heterocycles. The van der Waals surface area contributed by atoms with E-state index in [4.69, 9.17) is 26.8 Å². The molecule has 3 rings (SSSR count). The van der Waals surface area contributed by atoms with Gasteiger partial charge in [0.2, 0.25) is 0 Å². The van der Waals surface area contributed by atoms with Crippen molar-refractivity contribution in [2.75, 3.05) is 13.7 Å². The number of hydrogen-bond donors (Lipinski definition) is 1. The van der Waals surface area contributed by atoms with Gasteiger partial charge < -0.3 is 15.2 Å². The molecule has 1 fully saturated rings. The van der Waals surface area contributed by atoms with Gasteiger partial charge in [-0.25, -0.2) is 0 Å². The maximum absolute atomic E-state index is 12.7. The SMILES string of the molecule is COc1cc(/C=C2\SC(=O)N(Cc3ccccc3Cl)C2=O)ccc1OCC(N)=O. The molecule has 2 N–H and O–H groups in total. The summed E-state index contributed by atoms with van der Waals surface area (Å²) in [5.74, 6) is -0.290. The molecule has 3 amide bonds.